The van der Waals surface area contributed by atoms with E-state index in [4.69, 9.17) is 16.3 Å². The second-order valence-corrected chi connectivity index (χ2v) is 5.36. The quantitative estimate of drug-likeness (QED) is 0.858. The predicted molar refractivity (Wildman–Crippen MR) is 77.1 cm³/mol. The molecule has 0 N–H and O–H groups in total. The summed E-state index contributed by atoms with van der Waals surface area (Å²) in [6.45, 7) is 3.32. The lowest BCUT2D eigenvalue weighted by molar-refractivity contribution is -0.134. The number of nitrogens with zero attached hydrogens (tertiary/aromatic N) is 1. The van der Waals surface area contributed by atoms with Crippen molar-refractivity contribution < 1.29 is 14.3 Å². The number of carbonyl (C=O) groups excluding carboxylic acids is 2. The lowest BCUT2D eigenvalue weighted by Crippen LogP contribution is -2.39. The minimum atomic E-state index is 0.0290. The van der Waals surface area contributed by atoms with Gasteiger partial charge in [-0.2, -0.15) is 0 Å². The smallest absolute Gasteiger partial charge is 0.226 e. The summed E-state index contributed by atoms with van der Waals surface area (Å²) in [4.78, 5) is 24.8. The van der Waals surface area contributed by atoms with E-state index in [9.17, 15) is 9.59 Å². The molecule has 1 aliphatic rings. The number of aryl methyl sites for hydroxylation is 1. The molecule has 0 radical (unpaired) electrons. The zero-order chi connectivity index (χ0) is 14.5. The van der Waals surface area contributed by atoms with Crippen LogP contribution in [0.15, 0.2) is 18.2 Å². The first-order valence-corrected chi connectivity index (χ1v) is 7.12. The fourth-order valence-corrected chi connectivity index (χ4v) is 2.31. The zero-order valence-corrected chi connectivity index (χ0v) is 12.3. The molecule has 5 heteroatoms. The predicted octanol–water partition coefficient (Wildman–Crippen LogP) is 2.61. The highest BCUT2D eigenvalue weighted by molar-refractivity contribution is 6.32. The number of rotatable bonds is 4. The number of halogens is 1. The van der Waals surface area contributed by atoms with Crippen LogP contribution in [0, 0.1) is 6.92 Å². The van der Waals surface area contributed by atoms with Crippen LogP contribution in [0.4, 0.5) is 0 Å². The van der Waals surface area contributed by atoms with Gasteiger partial charge >= 0.3 is 0 Å². The van der Waals surface area contributed by atoms with Gasteiger partial charge in [-0.3, -0.25) is 9.59 Å². The Balaban J connectivity index is 1.79. The molecule has 1 saturated heterocycles. The van der Waals surface area contributed by atoms with Crippen LogP contribution in [-0.4, -0.2) is 36.3 Å². The first kappa shape index (κ1) is 14.9. The Labute approximate surface area is 123 Å². The summed E-state index contributed by atoms with van der Waals surface area (Å²) in [6.07, 6.45) is 1.24. The van der Waals surface area contributed by atoms with Crippen LogP contribution in [0.2, 0.25) is 5.02 Å². The van der Waals surface area contributed by atoms with Gasteiger partial charge in [-0.25, -0.2) is 0 Å². The summed E-state index contributed by atoms with van der Waals surface area (Å²) in [7, 11) is 0. The molecule has 108 valence electrons. The molecule has 1 amide bonds. The molecule has 1 heterocycles. The van der Waals surface area contributed by atoms with Crippen molar-refractivity contribution in [2.75, 3.05) is 19.7 Å². The van der Waals surface area contributed by atoms with Crippen LogP contribution < -0.4 is 4.74 Å². The molecule has 0 aliphatic carbocycles. The van der Waals surface area contributed by atoms with E-state index in [2.05, 4.69) is 0 Å². The third-order valence-electron chi connectivity index (χ3n) is 3.33. The number of piperidine rings is 1. The number of hydrogen-bond acceptors (Lipinski definition) is 3. The lowest BCUT2D eigenvalue weighted by atomic mass is 10.1. The minimum absolute atomic E-state index is 0.0290. The second kappa shape index (κ2) is 6.75. The maximum absolute atomic E-state index is 11.9. The normalized spacial score (nSPS) is 15.3. The summed E-state index contributed by atoms with van der Waals surface area (Å²) < 4.78 is 5.55. The fourth-order valence-electron chi connectivity index (χ4n) is 2.13. The standard InChI is InChI=1S/C15H18ClNO3/c1-11-2-3-13(16)14(10-11)20-9-6-15(19)17-7-4-12(18)5-8-17/h2-3,10H,4-9H2,1H3. The molecule has 20 heavy (non-hydrogen) atoms. The number of benzene rings is 1. The van der Waals surface area contributed by atoms with Crippen molar-refractivity contribution in [3.8, 4) is 5.75 Å². The fraction of sp³-hybridized carbons (Fsp3) is 0.467. The van der Waals surface area contributed by atoms with Crippen LogP contribution in [0.5, 0.6) is 5.75 Å². The molecular formula is C15H18ClNO3. The molecular weight excluding hydrogens is 278 g/mol. The maximum atomic E-state index is 11.9. The van der Waals surface area contributed by atoms with Crippen molar-refractivity contribution in [1.82, 2.24) is 4.90 Å². The van der Waals surface area contributed by atoms with Crippen molar-refractivity contribution >= 4 is 23.3 Å². The number of ether oxygens (including phenoxy) is 1. The van der Waals surface area contributed by atoms with Gasteiger partial charge in [-0.1, -0.05) is 17.7 Å². The number of amides is 1. The molecule has 4 nitrogen and oxygen atoms in total. The molecule has 0 atom stereocenters. The molecule has 0 aromatic heterocycles. The Kier molecular flexibility index (Phi) is 5.01. The second-order valence-electron chi connectivity index (χ2n) is 4.95. The van der Waals surface area contributed by atoms with Crippen molar-refractivity contribution in [2.45, 2.75) is 26.2 Å². The van der Waals surface area contributed by atoms with E-state index < -0.39 is 0 Å². The van der Waals surface area contributed by atoms with Crippen molar-refractivity contribution in [3.63, 3.8) is 0 Å². The molecule has 1 aromatic carbocycles. The van der Waals surface area contributed by atoms with E-state index in [1.54, 1.807) is 11.0 Å². The summed E-state index contributed by atoms with van der Waals surface area (Å²) in [5.41, 5.74) is 1.06. The third-order valence-corrected chi connectivity index (χ3v) is 3.65. The first-order chi connectivity index (χ1) is 9.56. The highest BCUT2D eigenvalue weighted by Gasteiger charge is 2.20. The van der Waals surface area contributed by atoms with Crippen LogP contribution in [-0.2, 0) is 9.59 Å². The van der Waals surface area contributed by atoms with Crippen molar-refractivity contribution in [2.24, 2.45) is 0 Å². The van der Waals surface area contributed by atoms with Gasteiger partial charge in [0.1, 0.15) is 11.5 Å². The molecule has 0 saturated carbocycles. The average molecular weight is 296 g/mol. The number of Topliss-reactive ketones (excluding diaryl/α,β-unsaturated/α-hetero) is 1. The molecule has 2 rings (SSSR count). The Morgan fingerprint density at radius 2 is 2.05 bits per heavy atom. The van der Waals surface area contributed by atoms with Gasteiger partial charge in [0, 0.05) is 25.9 Å². The summed E-state index contributed by atoms with van der Waals surface area (Å²) in [5, 5.41) is 0.548. The van der Waals surface area contributed by atoms with Gasteiger partial charge in [0.25, 0.3) is 0 Å². The monoisotopic (exact) mass is 295 g/mol. The summed E-state index contributed by atoms with van der Waals surface area (Å²) >= 11 is 6.02. The van der Waals surface area contributed by atoms with E-state index in [0.29, 0.717) is 49.7 Å². The molecule has 0 bridgehead atoms. The minimum Gasteiger partial charge on any atom is -0.491 e. The van der Waals surface area contributed by atoms with Gasteiger partial charge in [0.05, 0.1) is 18.1 Å². The van der Waals surface area contributed by atoms with E-state index in [0.717, 1.165) is 5.56 Å². The van der Waals surface area contributed by atoms with E-state index in [1.165, 1.54) is 0 Å². The van der Waals surface area contributed by atoms with Crippen LogP contribution in [0.3, 0.4) is 0 Å². The van der Waals surface area contributed by atoms with Gasteiger partial charge < -0.3 is 9.64 Å². The van der Waals surface area contributed by atoms with Crippen molar-refractivity contribution in [3.05, 3.63) is 28.8 Å². The third kappa shape index (κ3) is 3.97. The average Bonchev–Trinajstić information content (AvgIpc) is 2.43. The highest BCUT2D eigenvalue weighted by Crippen LogP contribution is 2.25. The Morgan fingerprint density at radius 1 is 1.35 bits per heavy atom. The van der Waals surface area contributed by atoms with E-state index in [-0.39, 0.29) is 11.7 Å². The number of carbonyl (C=O) groups is 2. The van der Waals surface area contributed by atoms with E-state index in [1.807, 2.05) is 19.1 Å². The van der Waals surface area contributed by atoms with Crippen LogP contribution in [0.25, 0.3) is 0 Å². The van der Waals surface area contributed by atoms with Crippen LogP contribution >= 0.6 is 11.6 Å². The van der Waals surface area contributed by atoms with Crippen LogP contribution in [0.1, 0.15) is 24.8 Å². The number of likely N-dealkylation sites (tertiary alicyclic amines) is 1. The van der Waals surface area contributed by atoms with Gasteiger partial charge in [-0.15, -0.1) is 0 Å². The van der Waals surface area contributed by atoms with E-state index >= 15 is 0 Å². The van der Waals surface area contributed by atoms with Gasteiger partial charge in [0.2, 0.25) is 5.91 Å². The molecule has 1 aromatic rings. The zero-order valence-electron chi connectivity index (χ0n) is 11.5. The number of ketones is 1. The highest BCUT2D eigenvalue weighted by atomic mass is 35.5. The largest absolute Gasteiger partial charge is 0.491 e. The lowest BCUT2D eigenvalue weighted by Gasteiger charge is -2.26. The first-order valence-electron chi connectivity index (χ1n) is 6.74. The van der Waals surface area contributed by atoms with Gasteiger partial charge in [0.15, 0.2) is 0 Å². The Morgan fingerprint density at radius 3 is 2.75 bits per heavy atom. The molecule has 0 spiro atoms. The Bertz CT molecular complexity index is 506. The Hall–Kier alpha value is -1.55. The van der Waals surface area contributed by atoms with Gasteiger partial charge in [-0.05, 0) is 24.6 Å². The summed E-state index contributed by atoms with van der Waals surface area (Å²) in [5.74, 6) is 0.867. The van der Waals surface area contributed by atoms with Crippen molar-refractivity contribution in [1.29, 1.82) is 0 Å². The molecule has 1 fully saturated rings. The number of hydrogen-bond donors (Lipinski definition) is 0. The SMILES string of the molecule is Cc1ccc(Cl)c(OCCC(=O)N2CCC(=O)CC2)c1. The molecule has 1 aliphatic heterocycles. The maximum Gasteiger partial charge on any atom is 0.226 e. The molecule has 0 unspecified atom stereocenters. The topological polar surface area (TPSA) is 46.6 Å². The summed E-state index contributed by atoms with van der Waals surface area (Å²) in [6, 6.07) is 5.54.